The number of nitrogens with zero attached hydrogens (tertiary/aromatic N) is 2. The van der Waals surface area contributed by atoms with E-state index in [0.29, 0.717) is 12.3 Å². The smallest absolute Gasteiger partial charge is 0.217 e. The predicted octanol–water partition coefficient (Wildman–Crippen LogP) is 1.37. The monoisotopic (exact) mass is 286 g/mol. The molecule has 0 aromatic heterocycles. The summed E-state index contributed by atoms with van der Waals surface area (Å²) in [7, 11) is 1.89. The van der Waals surface area contributed by atoms with Crippen molar-refractivity contribution in [3.05, 3.63) is 29.3 Å². The summed E-state index contributed by atoms with van der Waals surface area (Å²) in [5.74, 6) is 0.162. The van der Waals surface area contributed by atoms with E-state index in [1.165, 1.54) is 0 Å². The van der Waals surface area contributed by atoms with Crippen molar-refractivity contribution in [3.63, 3.8) is 0 Å². The molecule has 1 aliphatic rings. The Hall–Kier alpha value is -2.06. The van der Waals surface area contributed by atoms with Crippen molar-refractivity contribution >= 4 is 11.6 Å². The van der Waals surface area contributed by atoms with Gasteiger partial charge in [-0.3, -0.25) is 4.79 Å². The summed E-state index contributed by atoms with van der Waals surface area (Å²) in [5, 5.41) is 12.4. The van der Waals surface area contributed by atoms with E-state index in [0.717, 1.165) is 49.3 Å². The molecule has 1 aliphatic heterocycles. The molecule has 1 aromatic carbocycles. The fraction of sp³-hybridized carbons (Fsp3) is 0.500. The van der Waals surface area contributed by atoms with Gasteiger partial charge in [-0.1, -0.05) is 6.07 Å². The molecule has 0 atom stereocenters. The zero-order chi connectivity index (χ0) is 15.2. The Bertz CT molecular complexity index is 542. The molecular formula is C16H22N4O. The van der Waals surface area contributed by atoms with Crippen LogP contribution in [0.3, 0.4) is 0 Å². The Morgan fingerprint density at radius 3 is 2.76 bits per heavy atom. The Labute approximate surface area is 125 Å². The van der Waals surface area contributed by atoms with Gasteiger partial charge >= 0.3 is 0 Å². The molecule has 1 aromatic rings. The van der Waals surface area contributed by atoms with Gasteiger partial charge in [0, 0.05) is 26.1 Å². The van der Waals surface area contributed by atoms with Gasteiger partial charge in [0.15, 0.2) is 0 Å². The second-order valence-electron chi connectivity index (χ2n) is 5.59. The van der Waals surface area contributed by atoms with Gasteiger partial charge in [-0.25, -0.2) is 0 Å². The van der Waals surface area contributed by atoms with Crippen LogP contribution in [0.4, 0.5) is 5.69 Å². The maximum atomic E-state index is 11.0. The Kier molecular flexibility index (Phi) is 5.18. The van der Waals surface area contributed by atoms with Crippen molar-refractivity contribution in [2.75, 3.05) is 25.0 Å². The normalized spacial score (nSPS) is 15.7. The Balaban J connectivity index is 2.06. The van der Waals surface area contributed by atoms with Crippen LogP contribution < -0.4 is 16.0 Å². The lowest BCUT2D eigenvalue weighted by Crippen LogP contribution is -2.35. The minimum atomic E-state index is -0.220. The van der Waals surface area contributed by atoms with Crippen LogP contribution in [-0.2, 0) is 11.3 Å². The third-order valence-electron chi connectivity index (χ3n) is 4.01. The quantitative estimate of drug-likeness (QED) is 0.856. The van der Waals surface area contributed by atoms with E-state index in [1.54, 1.807) is 0 Å². The van der Waals surface area contributed by atoms with Crippen molar-refractivity contribution < 1.29 is 4.79 Å². The Morgan fingerprint density at radius 2 is 2.19 bits per heavy atom. The molecule has 1 fully saturated rings. The molecule has 5 nitrogen and oxygen atoms in total. The molecule has 3 N–H and O–H groups in total. The molecule has 21 heavy (non-hydrogen) atoms. The maximum Gasteiger partial charge on any atom is 0.217 e. The van der Waals surface area contributed by atoms with Crippen molar-refractivity contribution in [3.8, 4) is 6.07 Å². The molecule has 0 spiro atoms. The zero-order valence-electron chi connectivity index (χ0n) is 12.4. The summed E-state index contributed by atoms with van der Waals surface area (Å²) in [6, 6.07) is 8.32. The SMILES string of the molecule is CNCc1ccc(N2CCC(CC(N)=O)CC2)c(C#N)c1. The molecular weight excluding hydrogens is 264 g/mol. The van der Waals surface area contributed by atoms with E-state index >= 15 is 0 Å². The number of nitrogens with two attached hydrogens (primary N) is 1. The van der Waals surface area contributed by atoms with Crippen LogP contribution in [0.25, 0.3) is 0 Å². The number of hydrogen-bond donors (Lipinski definition) is 2. The number of benzene rings is 1. The van der Waals surface area contributed by atoms with E-state index < -0.39 is 0 Å². The van der Waals surface area contributed by atoms with Crippen LogP contribution in [-0.4, -0.2) is 26.0 Å². The van der Waals surface area contributed by atoms with Crippen LogP contribution in [0.5, 0.6) is 0 Å². The van der Waals surface area contributed by atoms with E-state index in [2.05, 4.69) is 22.4 Å². The summed E-state index contributed by atoms with van der Waals surface area (Å²) in [6.45, 7) is 2.51. The number of anilines is 1. The molecule has 1 saturated heterocycles. The number of nitrogens with one attached hydrogen (secondary N) is 1. The molecule has 2 rings (SSSR count). The number of carbonyl (C=O) groups excluding carboxylic acids is 1. The number of hydrogen-bond acceptors (Lipinski definition) is 4. The molecule has 5 heteroatoms. The highest BCUT2D eigenvalue weighted by atomic mass is 16.1. The summed E-state index contributed by atoms with van der Waals surface area (Å²) in [5.41, 5.74) is 8.08. The first kappa shape index (κ1) is 15.3. The number of piperidine rings is 1. The second-order valence-corrected chi connectivity index (χ2v) is 5.59. The van der Waals surface area contributed by atoms with Gasteiger partial charge in [0.1, 0.15) is 6.07 Å². The average Bonchev–Trinajstić information content (AvgIpc) is 2.48. The molecule has 0 bridgehead atoms. The van der Waals surface area contributed by atoms with Gasteiger partial charge in [-0.2, -0.15) is 5.26 Å². The molecule has 1 heterocycles. The van der Waals surface area contributed by atoms with Crippen LogP contribution in [0, 0.1) is 17.2 Å². The van der Waals surface area contributed by atoms with E-state index in [1.807, 2.05) is 19.2 Å². The third kappa shape index (κ3) is 3.96. The fourth-order valence-corrected chi connectivity index (χ4v) is 2.93. The number of nitriles is 1. The minimum Gasteiger partial charge on any atom is -0.370 e. The maximum absolute atomic E-state index is 11.0. The number of primary amides is 1. The zero-order valence-corrected chi connectivity index (χ0v) is 12.4. The van der Waals surface area contributed by atoms with Gasteiger partial charge in [0.2, 0.25) is 5.91 Å². The molecule has 1 amide bonds. The van der Waals surface area contributed by atoms with E-state index in [4.69, 9.17) is 5.73 Å². The fourth-order valence-electron chi connectivity index (χ4n) is 2.93. The summed E-state index contributed by atoms with van der Waals surface area (Å²) >= 11 is 0. The standard InChI is InChI=1S/C16H22N4O/c1-19-11-13-2-3-15(14(8-13)10-17)20-6-4-12(5-7-20)9-16(18)21/h2-3,8,12,19H,4-7,9,11H2,1H3,(H2,18,21). The first-order valence-corrected chi connectivity index (χ1v) is 7.35. The lowest BCUT2D eigenvalue weighted by Gasteiger charge is -2.33. The molecule has 112 valence electrons. The minimum absolute atomic E-state index is 0.220. The first-order chi connectivity index (χ1) is 10.1. The molecule has 0 saturated carbocycles. The first-order valence-electron chi connectivity index (χ1n) is 7.35. The lowest BCUT2D eigenvalue weighted by atomic mass is 9.92. The highest BCUT2D eigenvalue weighted by Crippen LogP contribution is 2.28. The largest absolute Gasteiger partial charge is 0.370 e. The van der Waals surface area contributed by atoms with E-state index in [-0.39, 0.29) is 5.91 Å². The van der Waals surface area contributed by atoms with Gasteiger partial charge < -0.3 is 16.0 Å². The molecule has 0 unspecified atom stereocenters. The second kappa shape index (κ2) is 7.09. The van der Waals surface area contributed by atoms with Crippen molar-refractivity contribution in [1.82, 2.24) is 5.32 Å². The van der Waals surface area contributed by atoms with Crippen molar-refractivity contribution in [2.24, 2.45) is 11.7 Å². The number of carbonyl (C=O) groups is 1. The predicted molar refractivity (Wildman–Crippen MR) is 82.7 cm³/mol. The summed E-state index contributed by atoms with van der Waals surface area (Å²) in [4.78, 5) is 13.2. The van der Waals surface area contributed by atoms with Crippen molar-refractivity contribution in [2.45, 2.75) is 25.8 Å². The van der Waals surface area contributed by atoms with Gasteiger partial charge in [-0.15, -0.1) is 0 Å². The van der Waals surface area contributed by atoms with Crippen LogP contribution >= 0.6 is 0 Å². The topological polar surface area (TPSA) is 82.2 Å². The number of amides is 1. The lowest BCUT2D eigenvalue weighted by molar-refractivity contribution is -0.119. The summed E-state index contributed by atoms with van der Waals surface area (Å²) < 4.78 is 0. The van der Waals surface area contributed by atoms with Crippen LogP contribution in [0.2, 0.25) is 0 Å². The van der Waals surface area contributed by atoms with Gasteiger partial charge in [0.25, 0.3) is 0 Å². The average molecular weight is 286 g/mol. The van der Waals surface area contributed by atoms with Crippen molar-refractivity contribution in [1.29, 1.82) is 5.26 Å². The number of rotatable bonds is 5. The molecule has 0 aliphatic carbocycles. The Morgan fingerprint density at radius 1 is 1.48 bits per heavy atom. The highest BCUT2D eigenvalue weighted by molar-refractivity contribution is 5.74. The summed E-state index contributed by atoms with van der Waals surface area (Å²) in [6.07, 6.45) is 2.37. The molecule has 0 radical (unpaired) electrons. The van der Waals surface area contributed by atoms with Crippen LogP contribution in [0.15, 0.2) is 18.2 Å². The van der Waals surface area contributed by atoms with Gasteiger partial charge in [-0.05, 0) is 43.5 Å². The highest BCUT2D eigenvalue weighted by Gasteiger charge is 2.22. The van der Waals surface area contributed by atoms with Crippen LogP contribution in [0.1, 0.15) is 30.4 Å². The third-order valence-corrected chi connectivity index (χ3v) is 4.01. The van der Waals surface area contributed by atoms with Gasteiger partial charge in [0.05, 0.1) is 11.3 Å². The van der Waals surface area contributed by atoms with E-state index in [9.17, 15) is 10.1 Å².